The van der Waals surface area contributed by atoms with Crippen molar-refractivity contribution in [1.82, 2.24) is 4.98 Å². The normalized spacial score (nSPS) is 35.7. The second kappa shape index (κ2) is 3.60. The smallest absolute Gasteiger partial charge is 0.0838 e. The van der Waals surface area contributed by atoms with Gasteiger partial charge >= 0.3 is 0 Å². The number of hydrogen-bond donors (Lipinski definition) is 1. The summed E-state index contributed by atoms with van der Waals surface area (Å²) in [5.74, 6) is 2.12. The number of pyridine rings is 1. The number of hydrogen-bond acceptors (Lipinski definition) is 2. The van der Waals surface area contributed by atoms with Crippen LogP contribution >= 0.6 is 0 Å². The van der Waals surface area contributed by atoms with Crippen LogP contribution in [0.5, 0.6) is 0 Å². The predicted octanol–water partition coefficient (Wildman–Crippen LogP) is 2.55. The molecule has 1 aromatic heterocycles. The van der Waals surface area contributed by atoms with Crippen LogP contribution in [0.4, 0.5) is 0 Å². The highest BCUT2D eigenvalue weighted by atomic mass is 16.3. The lowest BCUT2D eigenvalue weighted by Crippen LogP contribution is -2.02. The Hall–Kier alpha value is -0.890. The highest BCUT2D eigenvalue weighted by molar-refractivity contribution is 5.17. The largest absolute Gasteiger partial charge is 0.388 e. The molecule has 1 aromatic rings. The first-order valence-corrected chi connectivity index (χ1v) is 5.96. The molecule has 80 valence electrons. The first-order chi connectivity index (χ1) is 7.38. The first kappa shape index (κ1) is 9.34. The zero-order chi connectivity index (χ0) is 10.3. The Bertz CT molecular complexity index is 326. The summed E-state index contributed by atoms with van der Waals surface area (Å²) in [6, 6.07) is 3.90. The van der Waals surface area contributed by atoms with E-state index < -0.39 is 0 Å². The number of aromatic nitrogens is 1. The molecule has 2 fully saturated rings. The molecule has 0 saturated heterocycles. The van der Waals surface area contributed by atoms with Gasteiger partial charge in [0.2, 0.25) is 0 Å². The van der Waals surface area contributed by atoms with Crippen molar-refractivity contribution in [2.75, 3.05) is 0 Å². The van der Waals surface area contributed by atoms with Crippen molar-refractivity contribution in [3.05, 3.63) is 30.1 Å². The van der Waals surface area contributed by atoms with Gasteiger partial charge in [0.15, 0.2) is 0 Å². The lowest BCUT2D eigenvalue weighted by atomic mass is 10.0. The molecule has 3 rings (SSSR count). The standard InChI is InChI=1S/C13H17NO/c15-13(9-4-3-7-14-8-9)12-10-5-1-2-6-11(10)12/h3-4,7-8,10-13,15H,1-2,5-6H2. The molecule has 2 nitrogen and oxygen atoms in total. The first-order valence-electron chi connectivity index (χ1n) is 5.96. The summed E-state index contributed by atoms with van der Waals surface area (Å²) in [4.78, 5) is 4.07. The molecule has 1 N–H and O–H groups in total. The molecule has 0 spiro atoms. The number of fused-ring (bicyclic) bond motifs is 1. The molecule has 0 aliphatic heterocycles. The fourth-order valence-electron chi connectivity index (χ4n) is 3.29. The second-order valence-electron chi connectivity index (χ2n) is 4.92. The van der Waals surface area contributed by atoms with Crippen LogP contribution < -0.4 is 0 Å². The van der Waals surface area contributed by atoms with Gasteiger partial charge in [-0.1, -0.05) is 18.9 Å². The fourth-order valence-corrected chi connectivity index (χ4v) is 3.29. The van der Waals surface area contributed by atoms with Crippen molar-refractivity contribution in [3.63, 3.8) is 0 Å². The molecule has 15 heavy (non-hydrogen) atoms. The molecule has 0 aromatic carbocycles. The summed E-state index contributed by atoms with van der Waals surface area (Å²) in [6.45, 7) is 0. The van der Waals surface area contributed by atoms with Gasteiger partial charge in [0.05, 0.1) is 6.10 Å². The SMILES string of the molecule is OC(c1cccnc1)C1C2CCCCC21. The van der Waals surface area contributed by atoms with Crippen LogP contribution in [-0.2, 0) is 0 Å². The molecule has 0 radical (unpaired) electrons. The molecule has 0 amide bonds. The molecule has 3 atom stereocenters. The van der Waals surface area contributed by atoms with Gasteiger partial charge in [0, 0.05) is 12.4 Å². The van der Waals surface area contributed by atoms with Crippen LogP contribution in [0.25, 0.3) is 0 Å². The Morgan fingerprint density at radius 1 is 1.27 bits per heavy atom. The fraction of sp³-hybridized carbons (Fsp3) is 0.615. The number of aliphatic hydroxyl groups excluding tert-OH is 1. The Labute approximate surface area is 90.4 Å². The minimum atomic E-state index is -0.271. The quantitative estimate of drug-likeness (QED) is 0.801. The summed E-state index contributed by atoms with van der Waals surface area (Å²) < 4.78 is 0. The highest BCUT2D eigenvalue weighted by Crippen LogP contribution is 2.60. The van der Waals surface area contributed by atoms with Gasteiger partial charge in [-0.15, -0.1) is 0 Å². The van der Waals surface area contributed by atoms with E-state index in [4.69, 9.17) is 0 Å². The van der Waals surface area contributed by atoms with Gasteiger partial charge in [-0.25, -0.2) is 0 Å². The van der Waals surface area contributed by atoms with Gasteiger partial charge in [-0.05, 0) is 42.2 Å². The van der Waals surface area contributed by atoms with Gasteiger partial charge in [0.1, 0.15) is 0 Å². The summed E-state index contributed by atoms with van der Waals surface area (Å²) in [5, 5.41) is 10.3. The number of rotatable bonds is 2. The molecular formula is C13H17NO. The molecular weight excluding hydrogens is 186 g/mol. The van der Waals surface area contributed by atoms with Crippen LogP contribution in [0.3, 0.4) is 0 Å². The lowest BCUT2D eigenvalue weighted by molar-refractivity contribution is 0.142. The number of aliphatic hydroxyl groups is 1. The van der Waals surface area contributed by atoms with Gasteiger partial charge in [0.25, 0.3) is 0 Å². The molecule has 3 unspecified atom stereocenters. The van der Waals surface area contributed by atoms with E-state index in [0.717, 1.165) is 17.4 Å². The minimum absolute atomic E-state index is 0.271. The van der Waals surface area contributed by atoms with E-state index in [1.54, 1.807) is 12.4 Å². The van der Waals surface area contributed by atoms with Gasteiger partial charge in [-0.3, -0.25) is 4.98 Å². The Kier molecular flexibility index (Phi) is 2.24. The number of nitrogens with zero attached hydrogens (tertiary/aromatic N) is 1. The average Bonchev–Trinajstić information content (AvgIpc) is 3.03. The third kappa shape index (κ3) is 1.57. The second-order valence-corrected chi connectivity index (χ2v) is 4.92. The van der Waals surface area contributed by atoms with Crippen molar-refractivity contribution >= 4 is 0 Å². The minimum Gasteiger partial charge on any atom is -0.388 e. The van der Waals surface area contributed by atoms with Crippen LogP contribution in [0.15, 0.2) is 24.5 Å². The van der Waals surface area contributed by atoms with Crippen LogP contribution in [-0.4, -0.2) is 10.1 Å². The third-order valence-corrected chi connectivity index (χ3v) is 4.11. The van der Waals surface area contributed by atoms with E-state index in [1.807, 2.05) is 12.1 Å². The predicted molar refractivity (Wildman–Crippen MR) is 58.1 cm³/mol. The molecule has 0 bridgehead atoms. The molecule has 2 aliphatic rings. The van der Waals surface area contributed by atoms with Crippen molar-refractivity contribution in [2.24, 2.45) is 17.8 Å². The maximum Gasteiger partial charge on any atom is 0.0838 e. The summed E-state index contributed by atoms with van der Waals surface area (Å²) in [6.07, 6.45) is 8.66. The van der Waals surface area contributed by atoms with Crippen LogP contribution in [0.1, 0.15) is 37.4 Å². The lowest BCUT2D eigenvalue weighted by Gasteiger charge is -2.09. The Balaban J connectivity index is 1.74. The monoisotopic (exact) mass is 203 g/mol. The van der Waals surface area contributed by atoms with Crippen molar-refractivity contribution in [2.45, 2.75) is 31.8 Å². The van der Waals surface area contributed by atoms with E-state index in [9.17, 15) is 5.11 Å². The van der Waals surface area contributed by atoms with Crippen molar-refractivity contribution in [3.8, 4) is 0 Å². The summed E-state index contributed by atoms with van der Waals surface area (Å²) >= 11 is 0. The zero-order valence-electron chi connectivity index (χ0n) is 8.84. The van der Waals surface area contributed by atoms with Gasteiger partial charge in [-0.2, -0.15) is 0 Å². The summed E-state index contributed by atoms with van der Waals surface area (Å²) in [7, 11) is 0. The molecule has 2 aliphatic carbocycles. The van der Waals surface area contributed by atoms with Crippen molar-refractivity contribution in [1.29, 1.82) is 0 Å². The maximum absolute atomic E-state index is 10.3. The van der Waals surface area contributed by atoms with Crippen LogP contribution in [0, 0.1) is 17.8 Å². The molecule has 2 saturated carbocycles. The van der Waals surface area contributed by atoms with E-state index >= 15 is 0 Å². The van der Waals surface area contributed by atoms with E-state index in [-0.39, 0.29) is 6.10 Å². The molecule has 2 heteroatoms. The molecule has 1 heterocycles. The average molecular weight is 203 g/mol. The van der Waals surface area contributed by atoms with Crippen molar-refractivity contribution < 1.29 is 5.11 Å². The third-order valence-electron chi connectivity index (χ3n) is 4.11. The van der Waals surface area contributed by atoms with E-state index in [1.165, 1.54) is 25.7 Å². The van der Waals surface area contributed by atoms with E-state index in [2.05, 4.69) is 4.98 Å². The topological polar surface area (TPSA) is 33.1 Å². The summed E-state index contributed by atoms with van der Waals surface area (Å²) in [5.41, 5.74) is 0.997. The Morgan fingerprint density at radius 2 is 2.00 bits per heavy atom. The van der Waals surface area contributed by atoms with Crippen LogP contribution in [0.2, 0.25) is 0 Å². The highest BCUT2D eigenvalue weighted by Gasteiger charge is 2.54. The van der Waals surface area contributed by atoms with Gasteiger partial charge < -0.3 is 5.11 Å². The van der Waals surface area contributed by atoms with E-state index in [0.29, 0.717) is 5.92 Å². The Morgan fingerprint density at radius 3 is 2.60 bits per heavy atom. The maximum atomic E-state index is 10.3. The zero-order valence-corrected chi connectivity index (χ0v) is 8.84.